The fraction of sp³-hybridized carbons (Fsp3) is 0. The van der Waals surface area contributed by atoms with Crippen LogP contribution in [-0.4, -0.2) is 0 Å². The molecule has 0 amide bonds. The van der Waals surface area contributed by atoms with Gasteiger partial charge in [-0.1, -0.05) is 146 Å². The lowest BCUT2D eigenvalue weighted by Gasteiger charge is -2.26. The predicted octanol–water partition coefficient (Wildman–Crippen LogP) is 16.8. The minimum absolute atomic E-state index is 0.894. The highest BCUT2D eigenvalue weighted by molar-refractivity contribution is 6.07. The van der Waals surface area contributed by atoms with Crippen molar-refractivity contribution in [2.45, 2.75) is 0 Å². The number of nitrogens with zero attached hydrogens (tertiary/aromatic N) is 1. The van der Waals surface area contributed by atoms with E-state index in [0.29, 0.717) is 0 Å². The van der Waals surface area contributed by atoms with Gasteiger partial charge in [-0.2, -0.15) is 0 Å². The van der Waals surface area contributed by atoms with Gasteiger partial charge in [-0.25, -0.2) is 0 Å². The first-order valence-electron chi connectivity index (χ1n) is 20.7. The third kappa shape index (κ3) is 6.14. The summed E-state index contributed by atoms with van der Waals surface area (Å²) in [6.07, 6.45) is 0. The van der Waals surface area contributed by atoms with Crippen LogP contribution in [0.4, 0.5) is 17.1 Å². The summed E-state index contributed by atoms with van der Waals surface area (Å²) in [7, 11) is 0. The summed E-state index contributed by atoms with van der Waals surface area (Å²) < 4.78 is 12.5. The Morgan fingerprint density at radius 3 is 1.31 bits per heavy atom. The number of rotatable bonds is 7. The summed E-state index contributed by atoms with van der Waals surface area (Å²) in [5, 5.41) is 7.03. The molecule has 10 aromatic carbocycles. The smallest absolute Gasteiger partial charge is 0.136 e. The van der Waals surface area contributed by atoms with E-state index in [0.717, 1.165) is 88.8 Å². The molecule has 3 heteroatoms. The van der Waals surface area contributed by atoms with Crippen molar-refractivity contribution in [2.24, 2.45) is 0 Å². The van der Waals surface area contributed by atoms with Crippen LogP contribution in [0.1, 0.15) is 0 Å². The van der Waals surface area contributed by atoms with Crippen molar-refractivity contribution in [2.75, 3.05) is 4.90 Å². The van der Waals surface area contributed by atoms with Crippen LogP contribution in [0.15, 0.2) is 233 Å². The topological polar surface area (TPSA) is 29.5 Å². The molecule has 2 heterocycles. The number of hydrogen-bond donors (Lipinski definition) is 0. The van der Waals surface area contributed by atoms with E-state index >= 15 is 0 Å². The molecule has 0 aliphatic heterocycles. The second kappa shape index (κ2) is 14.3. The molecule has 0 bridgehead atoms. The van der Waals surface area contributed by atoms with Crippen LogP contribution in [0, 0.1) is 0 Å². The Morgan fingerprint density at radius 1 is 0.246 bits per heavy atom. The van der Waals surface area contributed by atoms with E-state index in [4.69, 9.17) is 8.83 Å². The molecule has 3 nitrogen and oxygen atoms in total. The normalized spacial score (nSPS) is 11.6. The highest BCUT2D eigenvalue weighted by Gasteiger charge is 2.16. The standard InChI is InChI=1S/C58H37NO2/c1-2-16-49-40(10-1)11-9-19-50(49)45-14-7-12-41(34-45)42-13-8-15-48(35-42)59(46-28-22-38(23-29-46)43-26-32-53-51-17-3-5-20-55(51)60-57(53)36-43)47-30-24-39(25-31-47)44-27-33-54-52-18-4-6-21-56(52)61-58(54)37-44/h1-37H. The molecule has 0 radical (unpaired) electrons. The molecular formula is C58H37NO2. The Hall–Kier alpha value is -8.14. The number of benzene rings is 10. The molecule has 61 heavy (non-hydrogen) atoms. The molecule has 0 saturated heterocycles. The molecule has 0 saturated carbocycles. The SMILES string of the molecule is c1cc(-c2cccc(N(c3ccc(-c4ccc5c(c4)oc4ccccc45)cc3)c3ccc(-c4ccc5c(c4)oc4ccccc45)cc3)c2)cc(-c2cccc3ccccc23)c1. The van der Waals surface area contributed by atoms with Crippen LogP contribution < -0.4 is 4.90 Å². The summed E-state index contributed by atoms with van der Waals surface area (Å²) in [6, 6.07) is 80.1. The van der Waals surface area contributed by atoms with Crippen molar-refractivity contribution in [3.8, 4) is 44.5 Å². The van der Waals surface area contributed by atoms with Crippen LogP contribution in [0.5, 0.6) is 0 Å². The van der Waals surface area contributed by atoms with Crippen LogP contribution in [0.25, 0.3) is 99.2 Å². The highest BCUT2D eigenvalue weighted by Crippen LogP contribution is 2.41. The minimum Gasteiger partial charge on any atom is -0.456 e. The van der Waals surface area contributed by atoms with Gasteiger partial charge in [-0.15, -0.1) is 0 Å². The molecule has 286 valence electrons. The maximum atomic E-state index is 6.25. The van der Waals surface area contributed by atoms with Gasteiger partial charge in [0, 0.05) is 38.6 Å². The van der Waals surface area contributed by atoms with E-state index in [-0.39, 0.29) is 0 Å². The Labute approximate surface area is 353 Å². The van der Waals surface area contributed by atoms with Gasteiger partial charge in [-0.05, 0) is 134 Å². The molecule has 12 rings (SSSR count). The average molecular weight is 780 g/mol. The zero-order valence-corrected chi connectivity index (χ0v) is 33.1. The third-order valence-corrected chi connectivity index (χ3v) is 12.1. The maximum Gasteiger partial charge on any atom is 0.136 e. The number of fused-ring (bicyclic) bond motifs is 7. The highest BCUT2D eigenvalue weighted by atomic mass is 16.3. The number of anilines is 3. The fourth-order valence-electron chi connectivity index (χ4n) is 9.03. The third-order valence-electron chi connectivity index (χ3n) is 12.1. The van der Waals surface area contributed by atoms with Gasteiger partial charge in [-0.3, -0.25) is 0 Å². The zero-order chi connectivity index (χ0) is 40.3. The average Bonchev–Trinajstić information content (AvgIpc) is 3.90. The van der Waals surface area contributed by atoms with Crippen molar-refractivity contribution < 1.29 is 8.83 Å². The van der Waals surface area contributed by atoms with E-state index in [1.54, 1.807) is 0 Å². The molecule has 0 N–H and O–H groups in total. The van der Waals surface area contributed by atoms with Crippen molar-refractivity contribution >= 4 is 71.7 Å². The van der Waals surface area contributed by atoms with Crippen LogP contribution in [0.3, 0.4) is 0 Å². The Kier molecular flexibility index (Phi) is 8.17. The molecule has 0 aliphatic carbocycles. The summed E-state index contributed by atoms with van der Waals surface area (Å²) in [6.45, 7) is 0. The number of furan rings is 2. The van der Waals surface area contributed by atoms with E-state index in [9.17, 15) is 0 Å². The first-order valence-corrected chi connectivity index (χ1v) is 20.7. The maximum absolute atomic E-state index is 6.25. The van der Waals surface area contributed by atoms with Crippen LogP contribution in [0.2, 0.25) is 0 Å². The lowest BCUT2D eigenvalue weighted by atomic mass is 9.95. The van der Waals surface area contributed by atoms with E-state index in [1.165, 1.54) is 27.5 Å². The molecule has 12 aromatic rings. The fourth-order valence-corrected chi connectivity index (χ4v) is 9.03. The summed E-state index contributed by atoms with van der Waals surface area (Å²) in [4.78, 5) is 2.34. The van der Waals surface area contributed by atoms with Gasteiger partial charge in [0.05, 0.1) is 0 Å². The van der Waals surface area contributed by atoms with Crippen LogP contribution in [-0.2, 0) is 0 Å². The molecular weight excluding hydrogens is 743 g/mol. The Morgan fingerprint density at radius 2 is 0.689 bits per heavy atom. The van der Waals surface area contributed by atoms with Gasteiger partial charge < -0.3 is 13.7 Å². The summed E-state index contributed by atoms with van der Waals surface area (Å²) in [5.74, 6) is 0. The molecule has 0 unspecified atom stereocenters. The van der Waals surface area contributed by atoms with Crippen molar-refractivity contribution in [3.63, 3.8) is 0 Å². The summed E-state index contributed by atoms with van der Waals surface area (Å²) in [5.41, 5.74) is 16.0. The molecule has 0 aliphatic rings. The lowest BCUT2D eigenvalue weighted by Crippen LogP contribution is -2.10. The second-order valence-electron chi connectivity index (χ2n) is 15.7. The van der Waals surface area contributed by atoms with Gasteiger partial charge in [0.2, 0.25) is 0 Å². The first kappa shape index (κ1) is 34.9. The van der Waals surface area contributed by atoms with Gasteiger partial charge in [0.15, 0.2) is 0 Å². The Balaban J connectivity index is 0.932. The van der Waals surface area contributed by atoms with Crippen molar-refractivity contribution in [1.82, 2.24) is 0 Å². The van der Waals surface area contributed by atoms with E-state index in [2.05, 4.69) is 205 Å². The quantitative estimate of drug-likeness (QED) is 0.161. The monoisotopic (exact) mass is 779 g/mol. The first-order chi connectivity index (χ1) is 30.2. The van der Waals surface area contributed by atoms with Gasteiger partial charge >= 0.3 is 0 Å². The minimum atomic E-state index is 0.894. The number of hydrogen-bond acceptors (Lipinski definition) is 3. The Bertz CT molecular complexity index is 3430. The molecule has 0 spiro atoms. The zero-order valence-electron chi connectivity index (χ0n) is 33.1. The van der Waals surface area contributed by atoms with Crippen LogP contribution >= 0.6 is 0 Å². The van der Waals surface area contributed by atoms with Gasteiger partial charge in [0.1, 0.15) is 22.3 Å². The largest absolute Gasteiger partial charge is 0.456 e. The van der Waals surface area contributed by atoms with Crippen molar-refractivity contribution in [1.29, 1.82) is 0 Å². The summed E-state index contributed by atoms with van der Waals surface area (Å²) >= 11 is 0. The van der Waals surface area contributed by atoms with E-state index in [1.807, 2.05) is 24.3 Å². The molecule has 0 atom stereocenters. The second-order valence-corrected chi connectivity index (χ2v) is 15.7. The van der Waals surface area contributed by atoms with E-state index < -0.39 is 0 Å². The number of para-hydroxylation sites is 2. The lowest BCUT2D eigenvalue weighted by molar-refractivity contribution is 0.668. The molecule has 0 fully saturated rings. The van der Waals surface area contributed by atoms with Crippen molar-refractivity contribution in [3.05, 3.63) is 224 Å². The van der Waals surface area contributed by atoms with Gasteiger partial charge in [0.25, 0.3) is 0 Å². The molecule has 2 aromatic heterocycles. The predicted molar refractivity (Wildman–Crippen MR) is 255 cm³/mol.